The summed E-state index contributed by atoms with van der Waals surface area (Å²) >= 11 is -0.131. The van der Waals surface area contributed by atoms with Crippen LogP contribution in [-0.2, 0) is 0 Å². The molecule has 1 N–H and O–H groups in total. The molecule has 0 aliphatic heterocycles. The number of benzene rings is 2. The summed E-state index contributed by atoms with van der Waals surface area (Å²) in [4.78, 5) is 0. The monoisotopic (exact) mass is 544 g/mol. The normalized spacial score (nSPS) is 11.7. The Bertz CT molecular complexity index is 633. The van der Waals surface area contributed by atoms with Crippen molar-refractivity contribution in [2.75, 3.05) is 6.61 Å². The van der Waals surface area contributed by atoms with Gasteiger partial charge in [0.2, 0.25) is 0 Å². The van der Waals surface area contributed by atoms with Crippen molar-refractivity contribution < 1.29 is 43.5 Å². The molecule has 0 heterocycles. The van der Waals surface area contributed by atoms with Crippen molar-refractivity contribution in [2.24, 2.45) is 0 Å². The Morgan fingerprint density at radius 2 is 1.27 bits per heavy atom. The van der Waals surface area contributed by atoms with Crippen LogP contribution in [0.1, 0.15) is 77.6 Å². The number of aliphatic hydroxyl groups excluding tert-OH is 1. The molecule has 1 unspecified atom stereocenters. The van der Waals surface area contributed by atoms with E-state index in [1.165, 1.54) is 64.9 Å². The van der Waals surface area contributed by atoms with E-state index in [2.05, 4.69) is 49.4 Å². The summed E-state index contributed by atoms with van der Waals surface area (Å²) in [6.45, 7) is 2.66. The third-order valence-electron chi connectivity index (χ3n) is 5.10. The summed E-state index contributed by atoms with van der Waals surface area (Å²) in [7, 11) is 0. The molecular weight excluding hydrogens is 507 g/mol. The highest BCUT2D eigenvalue weighted by Gasteiger charge is 2.14. The van der Waals surface area contributed by atoms with E-state index in [0.29, 0.717) is 6.61 Å². The van der Waals surface area contributed by atoms with Crippen LogP contribution in [0.3, 0.4) is 0 Å². The van der Waals surface area contributed by atoms with E-state index in [0.717, 1.165) is 18.6 Å². The maximum Gasteiger partial charge on any atom is 0.357 e. The van der Waals surface area contributed by atoms with Gasteiger partial charge in [0.15, 0.2) is 7.14 Å². The molecule has 0 bridgehead atoms. The maximum atomic E-state index is 10.2. The molecule has 0 aromatic heterocycles. The van der Waals surface area contributed by atoms with Crippen molar-refractivity contribution >= 4 is 0 Å². The van der Waals surface area contributed by atoms with Crippen molar-refractivity contribution in [3.05, 3.63) is 61.7 Å². The number of unbranched alkanes of at least 4 members (excludes halogenated alkanes) is 9. The second kappa shape index (κ2) is 17.9. The van der Waals surface area contributed by atoms with E-state index in [1.54, 1.807) is 0 Å². The lowest BCUT2D eigenvalue weighted by atomic mass is 10.0. The van der Waals surface area contributed by atoms with Gasteiger partial charge in [-0.05, 0) is 42.8 Å². The van der Waals surface area contributed by atoms with Crippen LogP contribution in [0, 0.1) is 7.14 Å². The highest BCUT2D eigenvalue weighted by atomic mass is 127. The molecule has 4 heteroatoms. The lowest BCUT2D eigenvalue weighted by Crippen LogP contribution is -3.61. The standard InChI is InChI=1S/C26H38IO2.ClH/c1-2-3-4-5-6-7-8-9-10-14-17-25(28)22-29-26-20-18-24(19-21-26)27-23-15-12-11-13-16-23;/h11-13,15-16,18-21,25,28H,2-10,14,17,22H2,1H3;1H/q+1;/p-1. The molecule has 2 aromatic rings. The number of halogens is 2. The van der Waals surface area contributed by atoms with Crippen molar-refractivity contribution in [2.45, 2.75) is 83.7 Å². The molecule has 168 valence electrons. The number of ether oxygens (including phenoxy) is 1. The SMILES string of the molecule is CCCCCCCCCCCCC(O)COc1ccc([I+]c2ccccc2)cc1.[Cl-]. The summed E-state index contributed by atoms with van der Waals surface area (Å²) in [6, 6.07) is 19.0. The van der Waals surface area contributed by atoms with Crippen molar-refractivity contribution in [1.29, 1.82) is 0 Å². The van der Waals surface area contributed by atoms with Gasteiger partial charge in [-0.1, -0.05) is 89.3 Å². The highest BCUT2D eigenvalue weighted by molar-refractivity contribution is 5.20. The molecule has 0 aliphatic rings. The van der Waals surface area contributed by atoms with Crippen LogP contribution < -0.4 is 38.3 Å². The van der Waals surface area contributed by atoms with Gasteiger partial charge >= 0.3 is 21.2 Å². The fourth-order valence-corrected chi connectivity index (χ4v) is 5.55. The number of hydrogen-bond acceptors (Lipinski definition) is 2. The molecule has 1 atom stereocenters. The number of rotatable bonds is 16. The summed E-state index contributed by atoms with van der Waals surface area (Å²) in [5, 5.41) is 10.2. The fourth-order valence-electron chi connectivity index (χ4n) is 3.34. The highest BCUT2D eigenvalue weighted by Crippen LogP contribution is 2.13. The molecule has 2 aromatic carbocycles. The second-order valence-corrected chi connectivity index (χ2v) is 10.8. The molecule has 0 spiro atoms. The lowest BCUT2D eigenvalue weighted by molar-refractivity contribution is -0.597. The summed E-state index contributed by atoms with van der Waals surface area (Å²) in [5.74, 6) is 0.855. The topological polar surface area (TPSA) is 29.5 Å². The molecule has 2 rings (SSSR count). The Hall–Kier alpha value is -0.780. The fraction of sp³-hybridized carbons (Fsp3) is 0.538. The van der Waals surface area contributed by atoms with Crippen molar-refractivity contribution in [3.63, 3.8) is 0 Å². The zero-order valence-corrected chi connectivity index (χ0v) is 21.3. The minimum absolute atomic E-state index is 0. The minimum Gasteiger partial charge on any atom is -1.00 e. The Balaban J connectivity index is 0.00000450. The molecule has 0 aliphatic carbocycles. The Morgan fingerprint density at radius 1 is 0.733 bits per heavy atom. The third kappa shape index (κ3) is 12.8. The van der Waals surface area contributed by atoms with Crippen LogP contribution in [-0.4, -0.2) is 17.8 Å². The first-order chi connectivity index (χ1) is 14.3. The predicted octanol–water partition coefficient (Wildman–Crippen LogP) is 0.870. The number of hydrogen-bond donors (Lipinski definition) is 1. The Morgan fingerprint density at radius 3 is 1.87 bits per heavy atom. The van der Waals surface area contributed by atoms with Gasteiger partial charge in [0.25, 0.3) is 0 Å². The molecule has 0 amide bonds. The summed E-state index contributed by atoms with van der Waals surface area (Å²) in [6.07, 6.45) is 13.7. The van der Waals surface area contributed by atoms with Crippen molar-refractivity contribution in [3.8, 4) is 5.75 Å². The van der Waals surface area contributed by atoms with Crippen LogP contribution in [0.4, 0.5) is 0 Å². The minimum atomic E-state index is -0.361. The molecule has 0 radical (unpaired) electrons. The van der Waals surface area contributed by atoms with Gasteiger partial charge in [-0.25, -0.2) is 0 Å². The van der Waals surface area contributed by atoms with Gasteiger partial charge in [0.1, 0.15) is 12.4 Å². The van der Waals surface area contributed by atoms with Gasteiger partial charge in [-0.2, -0.15) is 0 Å². The molecule has 2 nitrogen and oxygen atoms in total. The van der Waals surface area contributed by atoms with E-state index < -0.39 is 0 Å². The van der Waals surface area contributed by atoms with Gasteiger partial charge < -0.3 is 22.3 Å². The first-order valence-electron chi connectivity index (χ1n) is 11.4. The van der Waals surface area contributed by atoms with E-state index in [4.69, 9.17) is 4.74 Å². The van der Waals surface area contributed by atoms with E-state index in [-0.39, 0.29) is 39.7 Å². The zero-order chi connectivity index (χ0) is 20.6. The van der Waals surface area contributed by atoms with E-state index >= 15 is 0 Å². The quantitative estimate of drug-likeness (QED) is 0.251. The van der Waals surface area contributed by atoms with E-state index in [1.807, 2.05) is 12.1 Å². The zero-order valence-electron chi connectivity index (χ0n) is 18.4. The second-order valence-electron chi connectivity index (χ2n) is 7.78. The Labute approximate surface area is 200 Å². The average Bonchev–Trinajstić information content (AvgIpc) is 2.75. The van der Waals surface area contributed by atoms with Gasteiger partial charge in [0.05, 0.1) is 6.10 Å². The Kier molecular flexibility index (Phi) is 16.2. The molecule has 0 fully saturated rings. The molecular formula is C26H38ClIO2. The van der Waals surface area contributed by atoms with Crippen LogP contribution >= 0.6 is 0 Å². The van der Waals surface area contributed by atoms with Gasteiger partial charge in [0, 0.05) is 0 Å². The average molecular weight is 545 g/mol. The predicted molar refractivity (Wildman–Crippen MR) is 118 cm³/mol. The third-order valence-corrected chi connectivity index (χ3v) is 7.78. The van der Waals surface area contributed by atoms with Crippen LogP contribution in [0.5, 0.6) is 5.75 Å². The molecule has 0 saturated carbocycles. The lowest BCUT2D eigenvalue weighted by Gasteiger charge is -2.12. The van der Waals surface area contributed by atoms with Gasteiger partial charge in [-0.3, -0.25) is 0 Å². The van der Waals surface area contributed by atoms with E-state index in [9.17, 15) is 5.11 Å². The first kappa shape index (κ1) is 27.3. The van der Waals surface area contributed by atoms with Crippen LogP contribution in [0.2, 0.25) is 0 Å². The van der Waals surface area contributed by atoms with Crippen molar-refractivity contribution in [1.82, 2.24) is 0 Å². The summed E-state index contributed by atoms with van der Waals surface area (Å²) in [5.41, 5.74) is 0. The van der Waals surface area contributed by atoms with Gasteiger partial charge in [-0.15, -0.1) is 0 Å². The maximum absolute atomic E-state index is 10.2. The largest absolute Gasteiger partial charge is 1.00 e. The van der Waals surface area contributed by atoms with Crippen LogP contribution in [0.25, 0.3) is 0 Å². The number of aliphatic hydroxyl groups is 1. The van der Waals surface area contributed by atoms with Crippen LogP contribution in [0.15, 0.2) is 54.6 Å². The first-order valence-corrected chi connectivity index (χ1v) is 13.5. The molecule has 0 saturated heterocycles. The summed E-state index contributed by atoms with van der Waals surface area (Å²) < 4.78 is 8.58. The smallest absolute Gasteiger partial charge is 0.357 e. The molecule has 30 heavy (non-hydrogen) atoms.